The van der Waals surface area contributed by atoms with Crippen LogP contribution < -0.4 is 20.7 Å². The van der Waals surface area contributed by atoms with Crippen molar-refractivity contribution in [3.8, 4) is 0 Å². The number of aryl methyl sites for hydroxylation is 6. The maximum atomic E-state index is 2.64. The van der Waals surface area contributed by atoms with Gasteiger partial charge in [0.05, 0.1) is 15.8 Å². The van der Waals surface area contributed by atoms with Crippen molar-refractivity contribution in [3.05, 3.63) is 115 Å². The van der Waals surface area contributed by atoms with Gasteiger partial charge in [0.25, 0.3) is 0 Å². The molecule has 50 heavy (non-hydrogen) atoms. The first-order chi connectivity index (χ1) is 23.3. The molecular formula is C48H68Si2. The molecule has 4 aromatic carbocycles. The zero-order chi connectivity index (χ0) is 37.5. The molecule has 4 aromatic rings. The number of hydrogen-bond donors (Lipinski definition) is 0. The third-order valence-electron chi connectivity index (χ3n) is 10.9. The molecule has 0 saturated carbocycles. The Kier molecular flexibility index (Phi) is 12.8. The monoisotopic (exact) mass is 700 g/mol. The normalized spacial score (nSPS) is 12.1. The van der Waals surface area contributed by atoms with Crippen LogP contribution in [0.2, 0.25) is 0 Å². The van der Waals surface area contributed by atoms with Crippen molar-refractivity contribution in [1.82, 2.24) is 0 Å². The maximum absolute atomic E-state index is 2.64. The van der Waals surface area contributed by atoms with E-state index >= 15 is 0 Å². The van der Waals surface area contributed by atoms with Gasteiger partial charge in [0.2, 0.25) is 0 Å². The summed E-state index contributed by atoms with van der Waals surface area (Å²) < 4.78 is 0. The largest absolute Gasteiger partial charge is 0.0701 e. The molecule has 0 unspecified atom stereocenters. The third-order valence-corrected chi connectivity index (χ3v) is 20.6. The summed E-state index contributed by atoms with van der Waals surface area (Å²) in [5.41, 5.74) is 18.0. The Balaban J connectivity index is 2.59. The standard InChI is InChI=1S/C48H68Si2/c1-27(2)39-23-41(29(5)6)47(42(24-39)30(7)8)50(48-43(31(9)10)25-40(28(3)4)26-44(48)32(11)12)49(45-35(15)19-33(13)20-36(45)16)46-37(17)21-34(14)22-38(46)18/h19-32H,1-18H3. The van der Waals surface area contributed by atoms with Crippen LogP contribution in [0.3, 0.4) is 0 Å². The number of benzene rings is 4. The zero-order valence-electron chi connectivity index (χ0n) is 35.1. The Morgan fingerprint density at radius 3 is 0.720 bits per heavy atom. The van der Waals surface area contributed by atoms with Crippen LogP contribution >= 0.6 is 0 Å². The molecule has 0 N–H and O–H groups in total. The van der Waals surface area contributed by atoms with Gasteiger partial charge in [0, 0.05) is 0 Å². The Hall–Kier alpha value is -2.69. The van der Waals surface area contributed by atoms with Gasteiger partial charge in [-0.15, -0.1) is 0 Å². The van der Waals surface area contributed by atoms with E-state index in [1.165, 1.54) is 44.5 Å². The van der Waals surface area contributed by atoms with Gasteiger partial charge in [0.1, 0.15) is 0 Å². The quantitative estimate of drug-likeness (QED) is 0.144. The lowest BCUT2D eigenvalue weighted by Gasteiger charge is -2.32. The van der Waals surface area contributed by atoms with Gasteiger partial charge in [-0.3, -0.25) is 0 Å². The van der Waals surface area contributed by atoms with Gasteiger partial charge in [0.15, 0.2) is 0 Å². The van der Waals surface area contributed by atoms with E-state index in [0.717, 1.165) is 0 Å². The molecule has 0 radical (unpaired) electrons. The summed E-state index contributed by atoms with van der Waals surface area (Å²) in [6.45, 7) is 43.4. The summed E-state index contributed by atoms with van der Waals surface area (Å²) in [6, 6.07) is 20.5. The van der Waals surface area contributed by atoms with Crippen LogP contribution in [0.25, 0.3) is 0 Å². The molecule has 0 amide bonds. The van der Waals surface area contributed by atoms with Crippen molar-refractivity contribution < 1.29 is 0 Å². The molecular weight excluding hydrogens is 633 g/mol. The van der Waals surface area contributed by atoms with E-state index in [2.05, 4.69) is 173 Å². The summed E-state index contributed by atoms with van der Waals surface area (Å²) in [4.78, 5) is 0. The van der Waals surface area contributed by atoms with Crippen molar-refractivity contribution in [1.29, 1.82) is 0 Å². The minimum atomic E-state index is -1.44. The minimum Gasteiger partial charge on any atom is -0.0587 e. The highest BCUT2D eigenvalue weighted by atomic mass is 28.9. The van der Waals surface area contributed by atoms with Crippen LogP contribution in [0.5, 0.6) is 0 Å². The van der Waals surface area contributed by atoms with E-state index < -0.39 is 15.8 Å². The van der Waals surface area contributed by atoms with Gasteiger partial charge in [-0.05, 0) is 153 Å². The summed E-state index contributed by atoms with van der Waals surface area (Å²) >= 11 is 0. The second-order valence-electron chi connectivity index (χ2n) is 17.4. The molecule has 0 heterocycles. The average Bonchev–Trinajstić information content (AvgIpc) is 2.99. The first kappa shape index (κ1) is 40.1. The Morgan fingerprint density at radius 2 is 0.520 bits per heavy atom. The minimum absolute atomic E-state index is 0.435. The lowest BCUT2D eigenvalue weighted by Crippen LogP contribution is -2.57. The predicted octanol–water partition coefficient (Wildman–Crippen LogP) is 11.3. The van der Waals surface area contributed by atoms with E-state index in [0.29, 0.717) is 35.5 Å². The van der Waals surface area contributed by atoms with Crippen LogP contribution in [-0.2, 0) is 0 Å². The first-order valence-corrected chi connectivity index (χ1v) is 23.5. The molecule has 0 fully saturated rings. The smallest absolute Gasteiger partial charge is 0.0587 e. The highest BCUT2D eigenvalue weighted by Gasteiger charge is 2.32. The molecule has 0 aliphatic heterocycles. The Morgan fingerprint density at radius 1 is 0.300 bits per heavy atom. The van der Waals surface area contributed by atoms with Crippen LogP contribution in [0, 0.1) is 41.5 Å². The molecule has 268 valence electrons. The van der Waals surface area contributed by atoms with Crippen LogP contribution in [0.15, 0.2) is 48.5 Å². The van der Waals surface area contributed by atoms with Gasteiger partial charge in [-0.25, -0.2) is 0 Å². The van der Waals surface area contributed by atoms with Crippen molar-refractivity contribution in [2.24, 2.45) is 0 Å². The van der Waals surface area contributed by atoms with E-state index in [4.69, 9.17) is 0 Å². The van der Waals surface area contributed by atoms with Crippen molar-refractivity contribution in [2.45, 2.75) is 160 Å². The molecule has 0 aromatic heterocycles. The fourth-order valence-corrected chi connectivity index (χ4v) is 21.4. The summed E-state index contributed by atoms with van der Waals surface area (Å²) in [6.07, 6.45) is 0. The molecule has 0 aliphatic rings. The van der Waals surface area contributed by atoms with Crippen LogP contribution in [0.1, 0.15) is 185 Å². The van der Waals surface area contributed by atoms with Crippen molar-refractivity contribution in [3.63, 3.8) is 0 Å². The lowest BCUT2D eigenvalue weighted by atomic mass is 9.89. The second kappa shape index (κ2) is 15.9. The molecule has 0 saturated heterocycles. The highest BCUT2D eigenvalue weighted by molar-refractivity contribution is 7.20. The number of rotatable bonds is 10. The van der Waals surface area contributed by atoms with E-state index in [1.807, 2.05) is 0 Å². The summed E-state index contributed by atoms with van der Waals surface area (Å²) in [5, 5.41) is 6.75. The molecule has 0 nitrogen and oxygen atoms in total. The van der Waals surface area contributed by atoms with Gasteiger partial charge < -0.3 is 0 Å². The third kappa shape index (κ3) is 8.02. The second-order valence-corrected chi connectivity index (χ2v) is 23.9. The Labute approximate surface area is 310 Å². The fourth-order valence-electron chi connectivity index (χ4n) is 8.39. The van der Waals surface area contributed by atoms with E-state index in [1.54, 1.807) is 43.0 Å². The zero-order valence-corrected chi connectivity index (χ0v) is 37.1. The van der Waals surface area contributed by atoms with Crippen molar-refractivity contribution in [2.75, 3.05) is 0 Å². The summed E-state index contributed by atoms with van der Waals surface area (Å²) in [7, 11) is -2.82. The molecule has 0 atom stereocenters. The van der Waals surface area contributed by atoms with Crippen LogP contribution in [0.4, 0.5) is 0 Å². The SMILES string of the molecule is Cc1cc(C)c([Si](c2c(C)cc(C)cc2C)=[Si](c2c(C(C)C)cc(C(C)C)cc2C(C)C)c2c(C(C)C)cc(C(C)C)cc2C(C)C)c(C)c1. The number of hydrogen-bond acceptors (Lipinski definition) is 0. The first-order valence-electron chi connectivity index (χ1n) is 19.5. The lowest BCUT2D eigenvalue weighted by molar-refractivity contribution is 0.810. The van der Waals surface area contributed by atoms with Gasteiger partial charge in [-0.1, -0.05) is 143 Å². The van der Waals surface area contributed by atoms with Gasteiger partial charge in [-0.2, -0.15) is 0 Å². The molecule has 0 bridgehead atoms. The topological polar surface area (TPSA) is 0 Å². The molecule has 0 aliphatic carbocycles. The average molecular weight is 701 g/mol. The van der Waals surface area contributed by atoms with E-state index in [9.17, 15) is 0 Å². The van der Waals surface area contributed by atoms with Crippen molar-refractivity contribution >= 4 is 36.5 Å². The fraction of sp³-hybridized carbons (Fsp3) is 0.500. The highest BCUT2D eigenvalue weighted by Crippen LogP contribution is 2.30. The summed E-state index contributed by atoms with van der Waals surface area (Å²) in [5.74, 6) is 2.72. The molecule has 2 heteroatoms. The maximum Gasteiger partial charge on any atom is 0.0701 e. The van der Waals surface area contributed by atoms with Crippen LogP contribution in [-0.4, -0.2) is 15.8 Å². The Bertz CT molecular complexity index is 1670. The predicted molar refractivity (Wildman–Crippen MR) is 229 cm³/mol. The van der Waals surface area contributed by atoms with E-state index in [-0.39, 0.29) is 0 Å². The molecule has 4 rings (SSSR count). The molecule has 0 spiro atoms. The van der Waals surface area contributed by atoms with Gasteiger partial charge >= 0.3 is 0 Å².